The van der Waals surface area contributed by atoms with E-state index in [-0.39, 0.29) is 0 Å². The molecule has 90 valence electrons. The van der Waals surface area contributed by atoms with Gasteiger partial charge >= 0.3 is 0 Å². The summed E-state index contributed by atoms with van der Waals surface area (Å²) in [6, 6.07) is 6.43. The Morgan fingerprint density at radius 2 is 2.29 bits per heavy atom. The monoisotopic (exact) mass is 230 g/mol. The quantitative estimate of drug-likeness (QED) is 0.733. The number of nitriles is 1. The Bertz CT molecular complexity index is 424. The maximum Gasteiger partial charge on any atom is 0.142 e. The zero-order valence-corrected chi connectivity index (χ0v) is 10.4. The second-order valence-electron chi connectivity index (χ2n) is 4.67. The van der Waals surface area contributed by atoms with Gasteiger partial charge in [-0.2, -0.15) is 5.26 Å². The number of anilines is 1. The summed E-state index contributed by atoms with van der Waals surface area (Å²) < 4.78 is 0. The van der Waals surface area contributed by atoms with Gasteiger partial charge in [0, 0.05) is 31.0 Å². The summed E-state index contributed by atoms with van der Waals surface area (Å²) in [5.74, 6) is 0. The predicted molar refractivity (Wildman–Crippen MR) is 67.9 cm³/mol. The van der Waals surface area contributed by atoms with Gasteiger partial charge in [0.15, 0.2) is 0 Å². The van der Waals surface area contributed by atoms with Gasteiger partial charge in [0.05, 0.1) is 0 Å². The van der Waals surface area contributed by atoms with E-state index in [0.29, 0.717) is 11.7 Å². The summed E-state index contributed by atoms with van der Waals surface area (Å²) in [4.78, 5) is 8.74. The van der Waals surface area contributed by atoms with Crippen molar-refractivity contribution in [2.75, 3.05) is 31.6 Å². The number of hydrogen-bond acceptors (Lipinski definition) is 4. The largest absolute Gasteiger partial charge is 0.367 e. The normalized spacial score (nSPS) is 21.9. The molecule has 1 fully saturated rings. The smallest absolute Gasteiger partial charge is 0.142 e. The number of hydrogen-bond donors (Lipinski definition) is 0. The molecule has 2 rings (SSSR count). The van der Waals surface area contributed by atoms with E-state index >= 15 is 0 Å². The van der Waals surface area contributed by atoms with Crippen LogP contribution in [0.3, 0.4) is 0 Å². The van der Waals surface area contributed by atoms with Gasteiger partial charge in [-0.3, -0.25) is 0 Å². The SMILES string of the molecule is CC1CN(C)CCCN1c1ccnc(C#N)c1. The average molecular weight is 230 g/mol. The third kappa shape index (κ3) is 2.75. The van der Waals surface area contributed by atoms with Gasteiger partial charge in [-0.15, -0.1) is 0 Å². The van der Waals surface area contributed by atoms with Crippen LogP contribution in [0, 0.1) is 11.3 Å². The van der Waals surface area contributed by atoms with E-state index < -0.39 is 0 Å². The van der Waals surface area contributed by atoms with Crippen LogP contribution in [0.5, 0.6) is 0 Å². The van der Waals surface area contributed by atoms with Crippen molar-refractivity contribution in [3.05, 3.63) is 24.0 Å². The van der Waals surface area contributed by atoms with Gasteiger partial charge in [0.25, 0.3) is 0 Å². The Labute approximate surface area is 102 Å². The fourth-order valence-corrected chi connectivity index (χ4v) is 2.42. The number of rotatable bonds is 1. The van der Waals surface area contributed by atoms with E-state index in [1.54, 1.807) is 6.20 Å². The van der Waals surface area contributed by atoms with Crippen LogP contribution in [-0.4, -0.2) is 42.6 Å². The summed E-state index contributed by atoms with van der Waals surface area (Å²) in [5.41, 5.74) is 1.60. The molecule has 17 heavy (non-hydrogen) atoms. The molecule has 0 N–H and O–H groups in total. The first-order chi connectivity index (χ1) is 8.20. The van der Waals surface area contributed by atoms with Crippen LogP contribution in [0.15, 0.2) is 18.3 Å². The Morgan fingerprint density at radius 3 is 3.06 bits per heavy atom. The van der Waals surface area contributed by atoms with E-state index in [4.69, 9.17) is 5.26 Å². The zero-order chi connectivity index (χ0) is 12.3. The van der Waals surface area contributed by atoms with Crippen LogP contribution in [0.25, 0.3) is 0 Å². The maximum absolute atomic E-state index is 8.88. The van der Waals surface area contributed by atoms with Gasteiger partial charge in [0.2, 0.25) is 0 Å². The highest BCUT2D eigenvalue weighted by Gasteiger charge is 2.19. The molecule has 0 aliphatic carbocycles. The zero-order valence-electron chi connectivity index (χ0n) is 10.4. The Hall–Kier alpha value is -1.60. The summed E-state index contributed by atoms with van der Waals surface area (Å²) >= 11 is 0. The van der Waals surface area contributed by atoms with Gasteiger partial charge < -0.3 is 9.80 Å². The third-order valence-corrected chi connectivity index (χ3v) is 3.24. The molecule has 1 aromatic rings. The van der Waals surface area contributed by atoms with Crippen molar-refractivity contribution in [3.8, 4) is 6.07 Å². The van der Waals surface area contributed by atoms with Crippen molar-refractivity contribution >= 4 is 5.69 Å². The molecule has 2 heterocycles. The predicted octanol–water partition coefficient (Wildman–Crippen LogP) is 1.48. The summed E-state index contributed by atoms with van der Waals surface area (Å²) in [7, 11) is 2.16. The van der Waals surface area contributed by atoms with Crippen LogP contribution in [0.2, 0.25) is 0 Å². The lowest BCUT2D eigenvalue weighted by molar-refractivity contribution is 0.337. The first-order valence-corrected chi connectivity index (χ1v) is 6.02. The molecule has 0 spiro atoms. The van der Waals surface area contributed by atoms with Gasteiger partial charge in [-0.05, 0) is 39.1 Å². The third-order valence-electron chi connectivity index (χ3n) is 3.24. The lowest BCUT2D eigenvalue weighted by atomic mass is 10.2. The number of aromatic nitrogens is 1. The van der Waals surface area contributed by atoms with E-state index in [1.807, 2.05) is 12.1 Å². The van der Waals surface area contributed by atoms with Crippen LogP contribution in [-0.2, 0) is 0 Å². The van der Waals surface area contributed by atoms with Crippen molar-refractivity contribution in [1.82, 2.24) is 9.88 Å². The molecule has 0 bridgehead atoms. The highest BCUT2D eigenvalue weighted by molar-refractivity contribution is 5.49. The van der Waals surface area contributed by atoms with Gasteiger partial charge in [0.1, 0.15) is 11.8 Å². The molecule has 0 amide bonds. The molecule has 1 saturated heterocycles. The highest BCUT2D eigenvalue weighted by Crippen LogP contribution is 2.20. The topological polar surface area (TPSA) is 43.2 Å². The molecule has 1 aliphatic heterocycles. The average Bonchev–Trinajstić information content (AvgIpc) is 2.50. The van der Waals surface area contributed by atoms with Crippen LogP contribution in [0.1, 0.15) is 19.0 Å². The number of pyridine rings is 1. The fourth-order valence-electron chi connectivity index (χ4n) is 2.42. The van der Waals surface area contributed by atoms with E-state index in [1.165, 1.54) is 0 Å². The summed E-state index contributed by atoms with van der Waals surface area (Å²) in [6.45, 7) is 5.47. The second-order valence-corrected chi connectivity index (χ2v) is 4.67. The highest BCUT2D eigenvalue weighted by atomic mass is 15.2. The van der Waals surface area contributed by atoms with Gasteiger partial charge in [-0.25, -0.2) is 4.98 Å². The molecule has 1 atom stereocenters. The first-order valence-electron chi connectivity index (χ1n) is 6.02. The molecule has 1 unspecified atom stereocenters. The molecular formula is C13H18N4. The van der Waals surface area contributed by atoms with E-state index in [0.717, 1.165) is 31.7 Å². The molecular weight excluding hydrogens is 212 g/mol. The minimum atomic E-state index is 0.469. The lowest BCUT2D eigenvalue weighted by Crippen LogP contribution is -2.37. The van der Waals surface area contributed by atoms with Gasteiger partial charge in [-0.1, -0.05) is 0 Å². The van der Waals surface area contributed by atoms with E-state index in [9.17, 15) is 0 Å². The van der Waals surface area contributed by atoms with Crippen molar-refractivity contribution in [3.63, 3.8) is 0 Å². The number of likely N-dealkylation sites (N-methyl/N-ethyl adjacent to an activating group) is 1. The molecule has 1 aromatic heterocycles. The molecule has 1 aliphatic rings. The molecule has 0 aromatic carbocycles. The maximum atomic E-state index is 8.88. The number of nitrogens with zero attached hydrogens (tertiary/aromatic N) is 4. The fraction of sp³-hybridized carbons (Fsp3) is 0.538. The second kappa shape index (κ2) is 5.15. The molecule has 0 radical (unpaired) electrons. The molecule has 4 nitrogen and oxygen atoms in total. The van der Waals surface area contributed by atoms with Crippen molar-refractivity contribution in [2.45, 2.75) is 19.4 Å². The molecule has 0 saturated carbocycles. The Morgan fingerprint density at radius 1 is 1.47 bits per heavy atom. The van der Waals surface area contributed by atoms with Crippen LogP contribution in [0.4, 0.5) is 5.69 Å². The Balaban J connectivity index is 2.22. The van der Waals surface area contributed by atoms with Crippen LogP contribution >= 0.6 is 0 Å². The lowest BCUT2D eigenvalue weighted by Gasteiger charge is -2.30. The minimum Gasteiger partial charge on any atom is -0.367 e. The Kier molecular flexibility index (Phi) is 3.60. The standard InChI is InChI=1S/C13H18N4/c1-11-10-16(2)6-3-7-17(11)13-4-5-15-12(8-13)9-14/h4-5,8,11H,3,6-7,10H2,1-2H3. The van der Waals surface area contributed by atoms with Crippen molar-refractivity contribution in [1.29, 1.82) is 5.26 Å². The molecule has 4 heteroatoms. The first kappa shape index (κ1) is 11.9. The van der Waals surface area contributed by atoms with Crippen molar-refractivity contribution < 1.29 is 0 Å². The minimum absolute atomic E-state index is 0.469. The summed E-state index contributed by atoms with van der Waals surface area (Å²) in [5, 5.41) is 8.88. The van der Waals surface area contributed by atoms with Crippen LogP contribution < -0.4 is 4.90 Å². The summed E-state index contributed by atoms with van der Waals surface area (Å²) in [6.07, 6.45) is 2.88. The van der Waals surface area contributed by atoms with E-state index in [2.05, 4.69) is 34.8 Å². The van der Waals surface area contributed by atoms with Crippen molar-refractivity contribution in [2.24, 2.45) is 0 Å².